The minimum absolute atomic E-state index is 0.188. The summed E-state index contributed by atoms with van der Waals surface area (Å²) in [6.45, 7) is 0.597. The predicted octanol–water partition coefficient (Wildman–Crippen LogP) is 4.02. The van der Waals surface area contributed by atoms with Gasteiger partial charge in [0.1, 0.15) is 5.82 Å². The molecule has 4 heteroatoms. The van der Waals surface area contributed by atoms with Crippen LogP contribution in [0.4, 0.5) is 10.1 Å². The lowest BCUT2D eigenvalue weighted by Crippen LogP contribution is -2.02. The summed E-state index contributed by atoms with van der Waals surface area (Å²) in [5, 5.41) is 12.4. The Morgan fingerprint density at radius 1 is 1.15 bits per heavy atom. The van der Waals surface area contributed by atoms with Crippen molar-refractivity contribution >= 4 is 17.3 Å². The maximum atomic E-state index is 13.6. The largest absolute Gasteiger partial charge is 0.396 e. The van der Waals surface area contributed by atoms with Gasteiger partial charge in [0.05, 0.1) is 0 Å². The standard InChI is InChI=1S/C16H17ClFNO/c17-14-7-6-13(16(18)10-14)11-19-15-5-1-3-12(9-15)4-2-8-20/h1,3,5-7,9-10,19-20H,2,4,8,11H2. The van der Waals surface area contributed by atoms with E-state index in [1.165, 1.54) is 6.07 Å². The Labute approximate surface area is 123 Å². The Morgan fingerprint density at radius 2 is 2.00 bits per heavy atom. The van der Waals surface area contributed by atoms with Gasteiger partial charge in [-0.15, -0.1) is 0 Å². The molecule has 20 heavy (non-hydrogen) atoms. The van der Waals surface area contributed by atoms with E-state index in [1.807, 2.05) is 24.3 Å². The van der Waals surface area contributed by atoms with Crippen LogP contribution >= 0.6 is 11.6 Å². The quantitative estimate of drug-likeness (QED) is 0.843. The maximum Gasteiger partial charge on any atom is 0.129 e. The second-order valence-electron chi connectivity index (χ2n) is 4.62. The third kappa shape index (κ3) is 4.22. The van der Waals surface area contributed by atoms with E-state index in [1.54, 1.807) is 12.1 Å². The summed E-state index contributed by atoms with van der Waals surface area (Å²) in [6, 6.07) is 12.6. The number of hydrogen-bond donors (Lipinski definition) is 2. The van der Waals surface area contributed by atoms with Crippen molar-refractivity contribution in [2.24, 2.45) is 0 Å². The SMILES string of the molecule is OCCCc1cccc(NCc2ccc(Cl)cc2F)c1. The smallest absolute Gasteiger partial charge is 0.129 e. The fraction of sp³-hybridized carbons (Fsp3) is 0.250. The van der Waals surface area contributed by atoms with Gasteiger partial charge in [-0.3, -0.25) is 0 Å². The number of aryl methyl sites for hydroxylation is 1. The number of aliphatic hydroxyl groups excluding tert-OH is 1. The number of halogens is 2. The van der Waals surface area contributed by atoms with Gasteiger partial charge in [0, 0.05) is 29.4 Å². The zero-order valence-corrected chi connectivity index (χ0v) is 11.8. The van der Waals surface area contributed by atoms with Crippen LogP contribution in [0.1, 0.15) is 17.5 Å². The van der Waals surface area contributed by atoms with Crippen molar-refractivity contribution in [3.05, 3.63) is 64.4 Å². The van der Waals surface area contributed by atoms with Crippen LogP contribution in [0.25, 0.3) is 0 Å². The summed E-state index contributed by atoms with van der Waals surface area (Å²) in [4.78, 5) is 0. The van der Waals surface area contributed by atoms with Crippen molar-refractivity contribution in [3.8, 4) is 0 Å². The molecule has 2 N–H and O–H groups in total. The molecule has 0 saturated heterocycles. The molecule has 0 aliphatic heterocycles. The molecule has 0 bridgehead atoms. The maximum absolute atomic E-state index is 13.6. The van der Waals surface area contributed by atoms with Gasteiger partial charge in [0.2, 0.25) is 0 Å². The van der Waals surface area contributed by atoms with Crippen LogP contribution < -0.4 is 5.32 Å². The highest BCUT2D eigenvalue weighted by Crippen LogP contribution is 2.17. The van der Waals surface area contributed by atoms with E-state index in [0.29, 0.717) is 17.1 Å². The first-order chi connectivity index (χ1) is 9.69. The zero-order chi connectivity index (χ0) is 14.4. The minimum Gasteiger partial charge on any atom is -0.396 e. The first kappa shape index (κ1) is 14.8. The van der Waals surface area contributed by atoms with Crippen LogP contribution in [0.3, 0.4) is 0 Å². The van der Waals surface area contributed by atoms with E-state index in [0.717, 1.165) is 24.1 Å². The van der Waals surface area contributed by atoms with Crippen LogP contribution in [-0.4, -0.2) is 11.7 Å². The molecule has 0 unspecified atom stereocenters. The summed E-state index contributed by atoms with van der Waals surface area (Å²) in [7, 11) is 0. The van der Waals surface area contributed by atoms with Crippen molar-refractivity contribution in [3.63, 3.8) is 0 Å². The van der Waals surface area contributed by atoms with E-state index in [2.05, 4.69) is 5.32 Å². The first-order valence-corrected chi connectivity index (χ1v) is 6.94. The summed E-state index contributed by atoms with van der Waals surface area (Å²) < 4.78 is 13.6. The predicted molar refractivity (Wildman–Crippen MR) is 80.6 cm³/mol. The normalized spacial score (nSPS) is 10.6. The van der Waals surface area contributed by atoms with E-state index in [4.69, 9.17) is 16.7 Å². The van der Waals surface area contributed by atoms with E-state index < -0.39 is 0 Å². The number of hydrogen-bond acceptors (Lipinski definition) is 2. The lowest BCUT2D eigenvalue weighted by Gasteiger charge is -2.09. The van der Waals surface area contributed by atoms with Gasteiger partial charge >= 0.3 is 0 Å². The molecular formula is C16H17ClFNO. The van der Waals surface area contributed by atoms with Crippen LogP contribution in [0.5, 0.6) is 0 Å². The molecule has 2 nitrogen and oxygen atoms in total. The Balaban J connectivity index is 1.99. The molecule has 0 radical (unpaired) electrons. The highest BCUT2D eigenvalue weighted by Gasteiger charge is 2.03. The average Bonchev–Trinajstić information content (AvgIpc) is 2.45. The van der Waals surface area contributed by atoms with Gasteiger partial charge in [0.25, 0.3) is 0 Å². The molecule has 0 aliphatic rings. The molecule has 0 aliphatic carbocycles. The van der Waals surface area contributed by atoms with Gasteiger partial charge in [-0.2, -0.15) is 0 Å². The molecule has 0 spiro atoms. The molecular weight excluding hydrogens is 277 g/mol. The second-order valence-corrected chi connectivity index (χ2v) is 5.05. The molecule has 2 aromatic carbocycles. The van der Waals surface area contributed by atoms with Gasteiger partial charge in [-0.05, 0) is 42.7 Å². The molecule has 0 saturated carbocycles. The van der Waals surface area contributed by atoms with Crippen molar-refractivity contribution in [1.29, 1.82) is 0 Å². The number of rotatable bonds is 6. The lowest BCUT2D eigenvalue weighted by molar-refractivity contribution is 0.288. The summed E-state index contributed by atoms with van der Waals surface area (Å²) in [5.74, 6) is -0.304. The van der Waals surface area contributed by atoms with Gasteiger partial charge < -0.3 is 10.4 Å². The zero-order valence-electron chi connectivity index (χ0n) is 11.1. The molecule has 0 atom stereocenters. The summed E-state index contributed by atoms with van der Waals surface area (Å²) in [6.07, 6.45) is 1.58. The van der Waals surface area contributed by atoms with Crippen LogP contribution in [0.2, 0.25) is 5.02 Å². The van der Waals surface area contributed by atoms with Gasteiger partial charge in [-0.25, -0.2) is 4.39 Å². The third-order valence-electron chi connectivity index (χ3n) is 3.05. The van der Waals surface area contributed by atoms with E-state index in [-0.39, 0.29) is 12.4 Å². The lowest BCUT2D eigenvalue weighted by atomic mass is 10.1. The molecule has 2 rings (SSSR count). The number of aliphatic hydroxyl groups is 1. The molecule has 0 heterocycles. The molecule has 106 valence electrons. The fourth-order valence-electron chi connectivity index (χ4n) is 1.98. The topological polar surface area (TPSA) is 32.3 Å². The number of benzene rings is 2. The highest BCUT2D eigenvalue weighted by molar-refractivity contribution is 6.30. The molecule has 0 aromatic heterocycles. The first-order valence-electron chi connectivity index (χ1n) is 6.56. The van der Waals surface area contributed by atoms with Crippen molar-refractivity contribution in [1.82, 2.24) is 0 Å². The van der Waals surface area contributed by atoms with Crippen LogP contribution in [-0.2, 0) is 13.0 Å². The Kier molecular flexibility index (Phi) is 5.39. The van der Waals surface area contributed by atoms with Crippen molar-refractivity contribution in [2.45, 2.75) is 19.4 Å². The Hall–Kier alpha value is -1.58. The second kappa shape index (κ2) is 7.27. The number of anilines is 1. The summed E-state index contributed by atoms with van der Waals surface area (Å²) in [5.41, 5.74) is 2.67. The molecule has 0 amide bonds. The molecule has 2 aromatic rings. The minimum atomic E-state index is -0.304. The average molecular weight is 294 g/mol. The van der Waals surface area contributed by atoms with Crippen LogP contribution in [0, 0.1) is 5.82 Å². The van der Waals surface area contributed by atoms with Gasteiger partial charge in [0.15, 0.2) is 0 Å². The molecule has 0 fully saturated rings. The van der Waals surface area contributed by atoms with Gasteiger partial charge in [-0.1, -0.05) is 29.8 Å². The Morgan fingerprint density at radius 3 is 2.75 bits per heavy atom. The highest BCUT2D eigenvalue weighted by atomic mass is 35.5. The van der Waals surface area contributed by atoms with E-state index >= 15 is 0 Å². The summed E-state index contributed by atoms with van der Waals surface area (Å²) >= 11 is 5.72. The monoisotopic (exact) mass is 293 g/mol. The van der Waals surface area contributed by atoms with Crippen molar-refractivity contribution < 1.29 is 9.50 Å². The number of nitrogens with one attached hydrogen (secondary N) is 1. The Bertz CT molecular complexity index is 574. The third-order valence-corrected chi connectivity index (χ3v) is 3.28. The van der Waals surface area contributed by atoms with Crippen molar-refractivity contribution in [2.75, 3.05) is 11.9 Å². The fourth-order valence-corrected chi connectivity index (χ4v) is 2.14. The van der Waals surface area contributed by atoms with Crippen LogP contribution in [0.15, 0.2) is 42.5 Å². The van der Waals surface area contributed by atoms with E-state index in [9.17, 15) is 4.39 Å².